The molecule has 0 bridgehead atoms. The summed E-state index contributed by atoms with van der Waals surface area (Å²) in [4.78, 5) is 14.2. The molecular formula is C14H23N3O. The van der Waals surface area contributed by atoms with E-state index < -0.39 is 0 Å². The molecule has 0 saturated heterocycles. The molecule has 0 radical (unpaired) electrons. The number of hydrogen-bond acceptors (Lipinski definition) is 2. The van der Waals surface area contributed by atoms with Crippen LogP contribution in [0.15, 0.2) is 12.1 Å². The van der Waals surface area contributed by atoms with Gasteiger partial charge in [0.25, 0.3) is 0 Å². The van der Waals surface area contributed by atoms with Crippen LogP contribution in [0, 0.1) is 6.92 Å². The van der Waals surface area contributed by atoms with Crippen LogP contribution in [-0.2, 0) is 11.3 Å². The van der Waals surface area contributed by atoms with Crippen molar-refractivity contribution in [3.63, 3.8) is 0 Å². The first-order valence-electron chi connectivity index (χ1n) is 6.80. The number of aryl methyl sites for hydroxylation is 1. The van der Waals surface area contributed by atoms with Crippen molar-refractivity contribution in [1.82, 2.24) is 9.47 Å². The van der Waals surface area contributed by atoms with Crippen LogP contribution in [0.5, 0.6) is 0 Å². The third kappa shape index (κ3) is 2.43. The topological polar surface area (TPSA) is 51.3 Å². The maximum Gasteiger partial charge on any atom is 0.223 e. The number of amides is 1. The van der Waals surface area contributed by atoms with Gasteiger partial charge in [0, 0.05) is 30.9 Å². The first-order chi connectivity index (χ1) is 8.65. The lowest BCUT2D eigenvalue weighted by Gasteiger charge is -2.35. The molecule has 2 N–H and O–H groups in total. The van der Waals surface area contributed by atoms with Gasteiger partial charge in [0.2, 0.25) is 5.91 Å². The summed E-state index contributed by atoms with van der Waals surface area (Å²) in [6.45, 7) is 6.65. The zero-order chi connectivity index (χ0) is 13.1. The van der Waals surface area contributed by atoms with Crippen molar-refractivity contribution < 1.29 is 4.79 Å². The number of carbonyl (C=O) groups excluding carboxylic acids is 1. The van der Waals surface area contributed by atoms with E-state index in [1.165, 1.54) is 11.4 Å². The summed E-state index contributed by atoms with van der Waals surface area (Å²) >= 11 is 0. The van der Waals surface area contributed by atoms with Gasteiger partial charge in [0.15, 0.2) is 0 Å². The van der Waals surface area contributed by atoms with Crippen molar-refractivity contribution in [3.8, 4) is 0 Å². The van der Waals surface area contributed by atoms with Crippen LogP contribution < -0.4 is 5.73 Å². The Kier molecular flexibility index (Phi) is 4.07. The first kappa shape index (κ1) is 13.1. The SMILES string of the molecule is Cc1ccc2n1CCN(C(=O)CCCCN)C2C. The van der Waals surface area contributed by atoms with Crippen LogP contribution in [0.1, 0.15) is 43.6 Å². The van der Waals surface area contributed by atoms with Gasteiger partial charge >= 0.3 is 0 Å². The number of hydrogen-bond donors (Lipinski definition) is 1. The maximum absolute atomic E-state index is 12.2. The van der Waals surface area contributed by atoms with Gasteiger partial charge in [-0.05, 0) is 45.4 Å². The quantitative estimate of drug-likeness (QED) is 0.828. The standard InChI is InChI=1S/C14H23N3O/c1-11-6-7-13-12(2)17(10-9-16(11)13)14(18)5-3-4-8-15/h6-7,12H,3-5,8-10,15H2,1-2H3. The molecule has 4 nitrogen and oxygen atoms in total. The Labute approximate surface area is 109 Å². The molecule has 0 spiro atoms. The molecule has 2 heterocycles. The highest BCUT2D eigenvalue weighted by molar-refractivity contribution is 5.76. The minimum Gasteiger partial charge on any atom is -0.345 e. The Hall–Kier alpha value is -1.29. The Morgan fingerprint density at radius 1 is 1.39 bits per heavy atom. The van der Waals surface area contributed by atoms with Crippen molar-refractivity contribution in [2.75, 3.05) is 13.1 Å². The second kappa shape index (κ2) is 5.57. The molecule has 18 heavy (non-hydrogen) atoms. The van der Waals surface area contributed by atoms with Crippen molar-refractivity contribution >= 4 is 5.91 Å². The van der Waals surface area contributed by atoms with E-state index in [4.69, 9.17) is 5.73 Å². The summed E-state index contributed by atoms with van der Waals surface area (Å²) in [5.41, 5.74) is 8.00. The van der Waals surface area contributed by atoms with Crippen molar-refractivity contribution in [2.45, 2.75) is 45.7 Å². The fourth-order valence-electron chi connectivity index (χ4n) is 2.73. The Morgan fingerprint density at radius 3 is 2.89 bits per heavy atom. The third-order valence-electron chi connectivity index (χ3n) is 3.86. The largest absolute Gasteiger partial charge is 0.345 e. The van der Waals surface area contributed by atoms with Gasteiger partial charge in [-0.1, -0.05) is 0 Å². The van der Waals surface area contributed by atoms with E-state index in [2.05, 4.69) is 30.5 Å². The van der Waals surface area contributed by atoms with Crippen molar-refractivity contribution in [2.24, 2.45) is 5.73 Å². The van der Waals surface area contributed by atoms with Gasteiger partial charge in [0.1, 0.15) is 0 Å². The highest BCUT2D eigenvalue weighted by atomic mass is 16.2. The molecule has 1 aliphatic heterocycles. The Bertz CT molecular complexity index is 425. The Morgan fingerprint density at radius 2 is 2.17 bits per heavy atom. The smallest absolute Gasteiger partial charge is 0.223 e. The molecule has 1 aromatic heterocycles. The number of carbonyl (C=O) groups is 1. The molecule has 0 fully saturated rings. The third-order valence-corrected chi connectivity index (χ3v) is 3.86. The van der Waals surface area contributed by atoms with Crippen LogP contribution in [0.25, 0.3) is 0 Å². The van der Waals surface area contributed by atoms with Crippen molar-refractivity contribution in [1.29, 1.82) is 0 Å². The van der Waals surface area contributed by atoms with Gasteiger partial charge in [-0.2, -0.15) is 0 Å². The van der Waals surface area contributed by atoms with E-state index in [9.17, 15) is 4.79 Å². The number of nitrogens with two attached hydrogens (primary N) is 1. The van der Waals surface area contributed by atoms with Crippen molar-refractivity contribution in [3.05, 3.63) is 23.5 Å². The molecular weight excluding hydrogens is 226 g/mol. The van der Waals surface area contributed by atoms with E-state index in [-0.39, 0.29) is 11.9 Å². The molecule has 0 aromatic carbocycles. The molecule has 1 unspecified atom stereocenters. The lowest BCUT2D eigenvalue weighted by molar-refractivity contribution is -0.134. The zero-order valence-corrected chi connectivity index (χ0v) is 11.4. The van der Waals surface area contributed by atoms with E-state index in [0.717, 1.165) is 25.9 Å². The van der Waals surface area contributed by atoms with E-state index in [1.54, 1.807) is 0 Å². The van der Waals surface area contributed by atoms with Crippen LogP contribution in [0.3, 0.4) is 0 Å². The normalized spacial score (nSPS) is 18.8. The van der Waals surface area contributed by atoms with Crippen LogP contribution in [0.2, 0.25) is 0 Å². The summed E-state index contributed by atoms with van der Waals surface area (Å²) in [7, 11) is 0. The first-order valence-corrected chi connectivity index (χ1v) is 6.80. The van der Waals surface area contributed by atoms with Crippen LogP contribution in [-0.4, -0.2) is 28.5 Å². The van der Waals surface area contributed by atoms with E-state index >= 15 is 0 Å². The number of unbranched alkanes of at least 4 members (excludes halogenated alkanes) is 1. The molecule has 0 saturated carbocycles. The maximum atomic E-state index is 12.2. The monoisotopic (exact) mass is 249 g/mol. The molecule has 100 valence electrons. The van der Waals surface area contributed by atoms with E-state index in [0.29, 0.717) is 13.0 Å². The second-order valence-corrected chi connectivity index (χ2v) is 5.06. The number of aromatic nitrogens is 1. The van der Waals surface area contributed by atoms with Gasteiger partial charge in [-0.15, -0.1) is 0 Å². The molecule has 4 heteroatoms. The number of fused-ring (bicyclic) bond motifs is 1. The Balaban J connectivity index is 2.02. The van der Waals surface area contributed by atoms with E-state index in [1.807, 2.05) is 4.90 Å². The summed E-state index contributed by atoms with van der Waals surface area (Å²) in [6, 6.07) is 4.46. The van der Waals surface area contributed by atoms with Gasteiger partial charge < -0.3 is 15.2 Å². The second-order valence-electron chi connectivity index (χ2n) is 5.06. The summed E-state index contributed by atoms with van der Waals surface area (Å²) < 4.78 is 2.31. The minimum absolute atomic E-state index is 0.192. The number of rotatable bonds is 4. The predicted molar refractivity (Wildman–Crippen MR) is 72.2 cm³/mol. The highest BCUT2D eigenvalue weighted by Gasteiger charge is 2.27. The van der Waals surface area contributed by atoms with Crippen LogP contribution in [0.4, 0.5) is 0 Å². The average molecular weight is 249 g/mol. The highest BCUT2D eigenvalue weighted by Crippen LogP contribution is 2.27. The fourth-order valence-corrected chi connectivity index (χ4v) is 2.73. The molecule has 1 aromatic rings. The van der Waals surface area contributed by atoms with Crippen LogP contribution >= 0.6 is 0 Å². The summed E-state index contributed by atoms with van der Waals surface area (Å²) in [5, 5.41) is 0. The summed E-state index contributed by atoms with van der Waals surface area (Å²) in [6.07, 6.45) is 2.46. The zero-order valence-electron chi connectivity index (χ0n) is 11.4. The molecule has 1 atom stereocenters. The van der Waals surface area contributed by atoms with Gasteiger partial charge in [-0.3, -0.25) is 4.79 Å². The average Bonchev–Trinajstić information content (AvgIpc) is 2.73. The molecule has 1 aliphatic rings. The lowest BCUT2D eigenvalue weighted by atomic mass is 10.1. The van der Waals surface area contributed by atoms with Gasteiger partial charge in [-0.25, -0.2) is 0 Å². The predicted octanol–water partition coefficient (Wildman–Crippen LogP) is 1.83. The molecule has 2 rings (SSSR count). The number of nitrogens with zero attached hydrogens (tertiary/aromatic N) is 2. The van der Waals surface area contributed by atoms with Gasteiger partial charge in [0.05, 0.1) is 6.04 Å². The fraction of sp³-hybridized carbons (Fsp3) is 0.643. The summed E-state index contributed by atoms with van der Waals surface area (Å²) in [5.74, 6) is 0.265. The molecule has 0 aliphatic carbocycles. The minimum atomic E-state index is 0.192. The molecule has 1 amide bonds. The lowest BCUT2D eigenvalue weighted by Crippen LogP contribution is -2.41.